The Morgan fingerprint density at radius 2 is 0.939 bits per heavy atom. The van der Waals surface area contributed by atoms with Gasteiger partial charge in [-0.15, -0.1) is 0 Å². The van der Waals surface area contributed by atoms with Crippen molar-refractivity contribution >= 4 is 22.9 Å². The minimum absolute atomic E-state index is 0.00394. The number of benzene rings is 4. The summed E-state index contributed by atoms with van der Waals surface area (Å²) < 4.78 is 127. The minimum atomic E-state index is -7.06. The van der Waals surface area contributed by atoms with Gasteiger partial charge >= 0.3 is 23.3 Å². The quantitative estimate of drug-likeness (QED) is 0.110. The van der Waals surface area contributed by atoms with E-state index in [9.17, 15) is 39.5 Å². The molecule has 0 saturated carbocycles. The smallest absolute Gasteiger partial charge is 0.418 e. The van der Waals surface area contributed by atoms with Gasteiger partial charge in [0.1, 0.15) is 12.0 Å². The Balaban J connectivity index is 1.38. The SMILES string of the molecule is FC(F)(F)C(F)(F)C(F)(F)C(F)(F)SOc1c(-c2ccc(-c3nc(-c4ccccc4)nc(-c4ccccc4)n3)cc2)cnc2ccccc12. The van der Waals surface area contributed by atoms with Crippen LogP contribution in [0, 0.1) is 0 Å². The standard InChI is InChI=1S/C34H19F9N4OS/c35-31(36,33(39,40)41)32(37,38)34(42,43)49-48-27-24-13-7-8-14-26(24)44-19-25(27)20-15-17-23(18-16-20)30-46-28(21-9-3-1-4-10-21)45-29(47-30)22-11-5-2-6-12-22/h1-19H. The van der Waals surface area contributed by atoms with E-state index in [1.54, 1.807) is 12.1 Å². The van der Waals surface area contributed by atoms with Gasteiger partial charge in [-0.05, 0) is 17.7 Å². The van der Waals surface area contributed by atoms with Gasteiger partial charge < -0.3 is 4.18 Å². The molecule has 49 heavy (non-hydrogen) atoms. The van der Waals surface area contributed by atoms with Crippen LogP contribution >= 0.6 is 12.0 Å². The van der Waals surface area contributed by atoms with Crippen LogP contribution in [0.4, 0.5) is 39.5 Å². The molecule has 0 unspecified atom stereocenters. The molecule has 0 fully saturated rings. The molecule has 5 nitrogen and oxygen atoms in total. The molecule has 250 valence electrons. The van der Waals surface area contributed by atoms with Crippen LogP contribution in [0.15, 0.2) is 115 Å². The minimum Gasteiger partial charge on any atom is -0.418 e. The van der Waals surface area contributed by atoms with Crippen LogP contribution < -0.4 is 4.18 Å². The monoisotopic (exact) mass is 702 g/mol. The topological polar surface area (TPSA) is 60.8 Å². The second kappa shape index (κ2) is 12.7. The van der Waals surface area contributed by atoms with E-state index in [-0.39, 0.29) is 27.9 Å². The van der Waals surface area contributed by atoms with Crippen molar-refractivity contribution in [3.05, 3.63) is 115 Å². The molecule has 0 bridgehead atoms. The van der Waals surface area contributed by atoms with Gasteiger partial charge in [-0.25, -0.2) is 15.0 Å². The second-order valence-electron chi connectivity index (χ2n) is 10.5. The first-order chi connectivity index (χ1) is 23.2. The second-order valence-corrected chi connectivity index (χ2v) is 11.3. The van der Waals surface area contributed by atoms with Crippen molar-refractivity contribution in [2.75, 3.05) is 0 Å². The Morgan fingerprint density at radius 1 is 0.490 bits per heavy atom. The van der Waals surface area contributed by atoms with E-state index in [4.69, 9.17) is 4.18 Å². The molecule has 0 radical (unpaired) electrons. The van der Waals surface area contributed by atoms with Gasteiger partial charge in [0.15, 0.2) is 23.2 Å². The highest BCUT2D eigenvalue weighted by atomic mass is 32.2. The number of nitrogens with zero attached hydrogens (tertiary/aromatic N) is 4. The highest BCUT2D eigenvalue weighted by Crippen LogP contribution is 2.57. The number of hydrogen-bond donors (Lipinski definition) is 0. The van der Waals surface area contributed by atoms with E-state index in [0.717, 1.165) is 17.3 Å². The van der Waals surface area contributed by atoms with Gasteiger partial charge in [0.2, 0.25) is 0 Å². The lowest BCUT2D eigenvalue weighted by Gasteiger charge is -2.32. The molecule has 0 spiro atoms. The number of alkyl halides is 9. The van der Waals surface area contributed by atoms with Crippen molar-refractivity contribution in [1.82, 2.24) is 19.9 Å². The van der Waals surface area contributed by atoms with Gasteiger partial charge in [-0.1, -0.05) is 97.1 Å². The average Bonchev–Trinajstić information content (AvgIpc) is 3.10. The number of pyridine rings is 1. The number of halogens is 9. The molecular formula is C34H19F9N4OS. The summed E-state index contributed by atoms with van der Waals surface area (Å²) in [6, 6.07) is 30.1. The lowest BCUT2D eigenvalue weighted by Crippen LogP contribution is -2.59. The van der Waals surface area contributed by atoms with Crippen molar-refractivity contribution in [1.29, 1.82) is 0 Å². The van der Waals surface area contributed by atoms with E-state index in [0.29, 0.717) is 17.2 Å². The number of fused-ring (bicyclic) bond motifs is 1. The third-order valence-electron chi connectivity index (χ3n) is 7.23. The van der Waals surface area contributed by atoms with Crippen LogP contribution in [-0.4, -0.2) is 43.2 Å². The first-order valence-electron chi connectivity index (χ1n) is 14.1. The maximum atomic E-state index is 14.5. The molecule has 2 aromatic heterocycles. The average molecular weight is 703 g/mol. The van der Waals surface area contributed by atoms with Crippen LogP contribution in [0.25, 0.3) is 56.2 Å². The third-order valence-corrected chi connectivity index (χ3v) is 7.94. The zero-order valence-corrected chi connectivity index (χ0v) is 25.3. The summed E-state index contributed by atoms with van der Waals surface area (Å²) >= 11 is -1.51. The van der Waals surface area contributed by atoms with Crippen molar-refractivity contribution in [2.45, 2.75) is 23.3 Å². The molecule has 6 rings (SSSR count). The summed E-state index contributed by atoms with van der Waals surface area (Å²) in [6.07, 6.45) is -5.79. The van der Waals surface area contributed by atoms with Crippen molar-refractivity contribution in [2.24, 2.45) is 0 Å². The predicted octanol–water partition coefficient (Wildman–Crippen LogP) is 10.5. The van der Waals surface area contributed by atoms with Crippen LogP contribution in [0.3, 0.4) is 0 Å². The fourth-order valence-corrected chi connectivity index (χ4v) is 5.26. The molecule has 0 atom stereocenters. The summed E-state index contributed by atoms with van der Waals surface area (Å²) in [5.41, 5.74) is 2.26. The maximum absolute atomic E-state index is 14.5. The summed E-state index contributed by atoms with van der Waals surface area (Å²) in [5, 5.41) is -6.03. The van der Waals surface area contributed by atoms with E-state index in [1.807, 2.05) is 60.7 Å². The molecule has 0 saturated heterocycles. The van der Waals surface area contributed by atoms with Gasteiger partial charge in [-0.3, -0.25) is 4.98 Å². The molecule has 15 heteroatoms. The number of aromatic nitrogens is 4. The summed E-state index contributed by atoms with van der Waals surface area (Å²) in [5.74, 6) is -13.4. The highest BCUT2D eigenvalue weighted by Gasteiger charge is 2.82. The van der Waals surface area contributed by atoms with Crippen LogP contribution in [-0.2, 0) is 0 Å². The molecule has 0 N–H and O–H groups in total. The fraction of sp³-hybridized carbons (Fsp3) is 0.118. The lowest BCUT2D eigenvalue weighted by molar-refractivity contribution is -0.381. The van der Waals surface area contributed by atoms with E-state index in [2.05, 4.69) is 19.9 Å². The summed E-state index contributed by atoms with van der Waals surface area (Å²) in [7, 11) is 0. The molecular weight excluding hydrogens is 683 g/mol. The van der Waals surface area contributed by atoms with E-state index in [1.165, 1.54) is 36.4 Å². The van der Waals surface area contributed by atoms with Gasteiger partial charge in [0.25, 0.3) is 0 Å². The predicted molar refractivity (Wildman–Crippen MR) is 166 cm³/mol. The Morgan fingerprint density at radius 3 is 1.45 bits per heavy atom. The Hall–Kier alpha value is -5.18. The number of hydrogen-bond acceptors (Lipinski definition) is 6. The number of para-hydroxylation sites is 1. The summed E-state index contributed by atoms with van der Waals surface area (Å²) in [6.45, 7) is 0. The van der Waals surface area contributed by atoms with Crippen LogP contribution in [0.1, 0.15) is 0 Å². The molecule has 0 aliphatic carbocycles. The molecule has 0 aliphatic rings. The molecule has 0 aliphatic heterocycles. The van der Waals surface area contributed by atoms with E-state index < -0.39 is 41.1 Å². The van der Waals surface area contributed by atoms with Crippen LogP contribution in [0.2, 0.25) is 0 Å². The number of rotatable bonds is 9. The fourth-order valence-electron chi connectivity index (χ4n) is 4.66. The van der Waals surface area contributed by atoms with Crippen LogP contribution in [0.5, 0.6) is 5.75 Å². The maximum Gasteiger partial charge on any atom is 0.460 e. The zero-order chi connectivity index (χ0) is 35.0. The van der Waals surface area contributed by atoms with Gasteiger partial charge in [0.05, 0.1) is 5.52 Å². The Labute approximate surface area is 276 Å². The lowest BCUT2D eigenvalue weighted by atomic mass is 10.0. The van der Waals surface area contributed by atoms with E-state index >= 15 is 0 Å². The Bertz CT molecular complexity index is 2040. The first kappa shape index (κ1) is 33.7. The molecule has 4 aromatic carbocycles. The zero-order valence-electron chi connectivity index (χ0n) is 24.5. The largest absolute Gasteiger partial charge is 0.460 e. The van der Waals surface area contributed by atoms with Crippen molar-refractivity contribution < 1.29 is 43.7 Å². The van der Waals surface area contributed by atoms with Gasteiger partial charge in [-0.2, -0.15) is 39.5 Å². The molecule has 6 aromatic rings. The first-order valence-corrected chi connectivity index (χ1v) is 14.8. The summed E-state index contributed by atoms with van der Waals surface area (Å²) in [4.78, 5) is 18.1. The highest BCUT2D eigenvalue weighted by molar-refractivity contribution is 7.96. The van der Waals surface area contributed by atoms with Crippen molar-refractivity contribution in [3.63, 3.8) is 0 Å². The third kappa shape index (κ3) is 6.37. The normalized spacial score (nSPS) is 12.7. The molecule has 2 heterocycles. The van der Waals surface area contributed by atoms with Crippen molar-refractivity contribution in [3.8, 4) is 51.0 Å². The van der Waals surface area contributed by atoms with Gasteiger partial charge in [0, 0.05) is 33.8 Å². The Kier molecular flexibility index (Phi) is 8.73. The molecule has 0 amide bonds.